The average molecular weight is 290 g/mol. The molecular formula is C20H34O. The van der Waals surface area contributed by atoms with Crippen molar-refractivity contribution in [3.8, 4) is 0 Å². The Kier molecular flexibility index (Phi) is 17.9. The summed E-state index contributed by atoms with van der Waals surface area (Å²) in [4.78, 5) is 0. The van der Waals surface area contributed by atoms with Gasteiger partial charge in [0.25, 0.3) is 0 Å². The quantitative estimate of drug-likeness (QED) is 0.301. The largest absolute Gasteiger partial charge is 0.396 e. The van der Waals surface area contributed by atoms with Gasteiger partial charge < -0.3 is 5.11 Å². The first-order valence-electron chi connectivity index (χ1n) is 8.62. The maximum atomic E-state index is 8.65. The van der Waals surface area contributed by atoms with Gasteiger partial charge >= 0.3 is 0 Å². The van der Waals surface area contributed by atoms with E-state index in [0.29, 0.717) is 6.61 Å². The maximum Gasteiger partial charge on any atom is 0.0431 e. The van der Waals surface area contributed by atoms with Gasteiger partial charge in [0.2, 0.25) is 0 Å². The van der Waals surface area contributed by atoms with E-state index in [4.69, 9.17) is 5.11 Å². The van der Waals surface area contributed by atoms with Gasteiger partial charge in [-0.2, -0.15) is 0 Å². The van der Waals surface area contributed by atoms with Gasteiger partial charge in [-0.15, -0.1) is 0 Å². The molecule has 1 N–H and O–H groups in total. The van der Waals surface area contributed by atoms with Crippen molar-refractivity contribution in [1.29, 1.82) is 0 Å². The van der Waals surface area contributed by atoms with Crippen LogP contribution >= 0.6 is 0 Å². The van der Waals surface area contributed by atoms with E-state index in [9.17, 15) is 0 Å². The molecule has 0 atom stereocenters. The van der Waals surface area contributed by atoms with Crippen molar-refractivity contribution in [3.05, 3.63) is 48.6 Å². The summed E-state index contributed by atoms with van der Waals surface area (Å²) in [6, 6.07) is 0. The molecule has 0 radical (unpaired) electrons. The van der Waals surface area contributed by atoms with Gasteiger partial charge in [0, 0.05) is 6.61 Å². The highest BCUT2D eigenvalue weighted by molar-refractivity contribution is 4.99. The van der Waals surface area contributed by atoms with Crippen molar-refractivity contribution in [3.63, 3.8) is 0 Å². The van der Waals surface area contributed by atoms with Crippen LogP contribution in [0.4, 0.5) is 0 Å². The summed E-state index contributed by atoms with van der Waals surface area (Å²) < 4.78 is 0. The minimum Gasteiger partial charge on any atom is -0.396 e. The standard InChI is InChI=1S/C20H34O/c1-2-3-4-5-6-7-8-9-10-11-12-13-14-15-16-17-18-19-20-21/h6-7,9-10,12-13,15-16,21H,2-5,8,11,14,17-20H2,1H3/b7-6+,10-9+,13-12+,16-15+. The zero-order valence-electron chi connectivity index (χ0n) is 13.8. The third-order valence-corrected chi connectivity index (χ3v) is 3.24. The fourth-order valence-corrected chi connectivity index (χ4v) is 1.93. The molecule has 0 rings (SSSR count). The van der Waals surface area contributed by atoms with Crippen LogP contribution in [0.1, 0.15) is 71.1 Å². The topological polar surface area (TPSA) is 20.2 Å². The minimum atomic E-state index is 0.313. The van der Waals surface area contributed by atoms with E-state index < -0.39 is 0 Å². The van der Waals surface area contributed by atoms with Crippen LogP contribution < -0.4 is 0 Å². The number of hydrogen-bond acceptors (Lipinski definition) is 1. The maximum absolute atomic E-state index is 8.65. The van der Waals surface area contributed by atoms with E-state index in [1.165, 1.54) is 25.7 Å². The molecule has 0 spiro atoms. The molecule has 0 aromatic heterocycles. The molecular weight excluding hydrogens is 256 g/mol. The predicted molar refractivity (Wildman–Crippen MR) is 95.5 cm³/mol. The van der Waals surface area contributed by atoms with Gasteiger partial charge in [0.05, 0.1) is 0 Å². The summed E-state index contributed by atoms with van der Waals surface area (Å²) in [7, 11) is 0. The Hall–Kier alpha value is -1.08. The molecule has 0 bridgehead atoms. The van der Waals surface area contributed by atoms with E-state index >= 15 is 0 Å². The first kappa shape index (κ1) is 19.9. The highest BCUT2D eigenvalue weighted by Gasteiger charge is 1.82. The smallest absolute Gasteiger partial charge is 0.0431 e. The highest BCUT2D eigenvalue weighted by atomic mass is 16.2. The lowest BCUT2D eigenvalue weighted by Gasteiger charge is -1.91. The molecule has 0 aliphatic carbocycles. The van der Waals surface area contributed by atoms with Crippen LogP contribution in [0.2, 0.25) is 0 Å². The summed E-state index contributed by atoms with van der Waals surface area (Å²) in [5.41, 5.74) is 0. The molecule has 21 heavy (non-hydrogen) atoms. The first-order chi connectivity index (χ1) is 10.4. The molecule has 0 aromatic carbocycles. The lowest BCUT2D eigenvalue weighted by Crippen LogP contribution is -1.79. The van der Waals surface area contributed by atoms with E-state index in [1.807, 2.05) is 0 Å². The van der Waals surface area contributed by atoms with Gasteiger partial charge in [0.15, 0.2) is 0 Å². The van der Waals surface area contributed by atoms with E-state index in [1.54, 1.807) is 0 Å². The van der Waals surface area contributed by atoms with Crippen LogP contribution in [0.15, 0.2) is 48.6 Å². The van der Waals surface area contributed by atoms with Crippen molar-refractivity contribution in [1.82, 2.24) is 0 Å². The summed E-state index contributed by atoms with van der Waals surface area (Å²) in [6.07, 6.45) is 29.3. The lowest BCUT2D eigenvalue weighted by molar-refractivity contribution is 0.285. The second-order valence-corrected chi connectivity index (χ2v) is 5.31. The SMILES string of the molecule is CCCCC/C=C/C/C=C/C/C=C/C/C=C/CCCCO. The number of rotatable bonds is 14. The van der Waals surface area contributed by atoms with Crippen LogP contribution in [-0.2, 0) is 0 Å². The van der Waals surface area contributed by atoms with Crippen LogP contribution in [0.5, 0.6) is 0 Å². The molecule has 0 saturated heterocycles. The van der Waals surface area contributed by atoms with Gasteiger partial charge in [-0.3, -0.25) is 0 Å². The van der Waals surface area contributed by atoms with Gasteiger partial charge in [-0.05, 0) is 51.4 Å². The molecule has 1 nitrogen and oxygen atoms in total. The number of unbranched alkanes of at least 4 members (excludes halogenated alkanes) is 5. The van der Waals surface area contributed by atoms with E-state index in [0.717, 1.165) is 38.5 Å². The molecule has 1 heteroatoms. The number of aliphatic hydroxyl groups excluding tert-OH is 1. The molecule has 0 aliphatic heterocycles. The second kappa shape index (κ2) is 18.9. The average Bonchev–Trinajstić information content (AvgIpc) is 2.50. The van der Waals surface area contributed by atoms with E-state index in [-0.39, 0.29) is 0 Å². The molecule has 0 unspecified atom stereocenters. The Morgan fingerprint density at radius 1 is 0.571 bits per heavy atom. The summed E-state index contributed by atoms with van der Waals surface area (Å²) in [5.74, 6) is 0. The number of aliphatic hydroxyl groups is 1. The van der Waals surface area contributed by atoms with E-state index in [2.05, 4.69) is 55.5 Å². The minimum absolute atomic E-state index is 0.313. The Morgan fingerprint density at radius 2 is 1.00 bits per heavy atom. The Bertz CT molecular complexity index is 267. The Balaban J connectivity index is 3.35. The zero-order valence-corrected chi connectivity index (χ0v) is 13.8. The Labute approximate surface area is 132 Å². The predicted octanol–water partition coefficient (Wildman–Crippen LogP) is 6.12. The van der Waals surface area contributed by atoms with Gasteiger partial charge in [0.1, 0.15) is 0 Å². The van der Waals surface area contributed by atoms with Crippen molar-refractivity contribution < 1.29 is 5.11 Å². The molecule has 0 amide bonds. The highest BCUT2D eigenvalue weighted by Crippen LogP contribution is 2.01. The third kappa shape index (κ3) is 18.9. The van der Waals surface area contributed by atoms with Crippen LogP contribution in [0, 0.1) is 0 Å². The van der Waals surface area contributed by atoms with Crippen LogP contribution in [0.25, 0.3) is 0 Å². The summed E-state index contributed by atoms with van der Waals surface area (Å²) >= 11 is 0. The first-order valence-corrected chi connectivity index (χ1v) is 8.62. The molecule has 0 saturated carbocycles. The summed E-state index contributed by atoms with van der Waals surface area (Å²) in [5, 5.41) is 8.65. The molecule has 0 fully saturated rings. The molecule has 0 aliphatic rings. The fourth-order valence-electron chi connectivity index (χ4n) is 1.93. The zero-order chi connectivity index (χ0) is 15.4. The molecule has 120 valence electrons. The number of allylic oxidation sites excluding steroid dienone is 8. The van der Waals surface area contributed by atoms with Crippen molar-refractivity contribution in [2.45, 2.75) is 71.1 Å². The fraction of sp³-hybridized carbons (Fsp3) is 0.600. The summed E-state index contributed by atoms with van der Waals surface area (Å²) in [6.45, 7) is 2.56. The molecule has 0 aromatic rings. The third-order valence-electron chi connectivity index (χ3n) is 3.24. The van der Waals surface area contributed by atoms with Crippen molar-refractivity contribution in [2.24, 2.45) is 0 Å². The molecule has 0 heterocycles. The van der Waals surface area contributed by atoms with Gasteiger partial charge in [-0.1, -0.05) is 68.4 Å². The lowest BCUT2D eigenvalue weighted by atomic mass is 10.2. The normalized spacial score (nSPS) is 12.7. The van der Waals surface area contributed by atoms with Gasteiger partial charge in [-0.25, -0.2) is 0 Å². The Morgan fingerprint density at radius 3 is 1.43 bits per heavy atom. The number of hydrogen-bond donors (Lipinski definition) is 1. The second-order valence-electron chi connectivity index (χ2n) is 5.31. The van der Waals surface area contributed by atoms with Crippen molar-refractivity contribution >= 4 is 0 Å². The van der Waals surface area contributed by atoms with Crippen LogP contribution in [0.3, 0.4) is 0 Å². The monoisotopic (exact) mass is 290 g/mol. The van der Waals surface area contributed by atoms with Crippen molar-refractivity contribution in [2.75, 3.05) is 6.61 Å². The van der Waals surface area contributed by atoms with Crippen LogP contribution in [-0.4, -0.2) is 11.7 Å².